The molecule has 1 fully saturated rings. The SMILES string of the molecule is Cc1cnc(Nc2ccn(CC3CCCN(C(=O)OC(C)(C)C)C3)n2)s1. The zero-order valence-corrected chi connectivity index (χ0v) is 16.7. The molecular formula is C18H27N5O2S. The Bertz CT molecular complexity index is 749. The Morgan fingerprint density at radius 3 is 2.96 bits per heavy atom. The number of anilines is 2. The van der Waals surface area contributed by atoms with Crippen molar-refractivity contribution in [3.05, 3.63) is 23.3 Å². The molecule has 1 N–H and O–H groups in total. The van der Waals surface area contributed by atoms with E-state index in [1.807, 2.05) is 55.7 Å². The quantitative estimate of drug-likeness (QED) is 0.871. The lowest BCUT2D eigenvalue weighted by Crippen LogP contribution is -2.43. The van der Waals surface area contributed by atoms with E-state index >= 15 is 0 Å². The van der Waals surface area contributed by atoms with Gasteiger partial charge in [-0.2, -0.15) is 5.10 Å². The van der Waals surface area contributed by atoms with Gasteiger partial charge in [0.05, 0.1) is 0 Å². The monoisotopic (exact) mass is 377 g/mol. The second-order valence-electron chi connectivity index (χ2n) is 7.76. The zero-order chi connectivity index (χ0) is 18.7. The molecule has 1 unspecified atom stereocenters. The Balaban J connectivity index is 1.54. The van der Waals surface area contributed by atoms with Crippen LogP contribution in [0.25, 0.3) is 0 Å². The predicted molar refractivity (Wildman–Crippen MR) is 103 cm³/mol. The van der Waals surface area contributed by atoms with E-state index in [-0.39, 0.29) is 6.09 Å². The van der Waals surface area contributed by atoms with Gasteiger partial charge in [-0.05, 0) is 46.5 Å². The smallest absolute Gasteiger partial charge is 0.410 e. The van der Waals surface area contributed by atoms with Crippen LogP contribution in [0.3, 0.4) is 0 Å². The standard InChI is InChI=1S/C18H27N5O2S/c1-13-10-19-16(26-13)20-15-7-9-23(21-15)12-14-6-5-8-22(11-14)17(24)25-18(2,3)4/h7,9-10,14H,5-6,8,11-12H2,1-4H3,(H,19,20,21). The average Bonchev–Trinajstić information content (AvgIpc) is 3.15. The van der Waals surface area contributed by atoms with Crippen molar-refractivity contribution < 1.29 is 9.53 Å². The molecule has 0 radical (unpaired) electrons. The van der Waals surface area contributed by atoms with Crippen LogP contribution in [0, 0.1) is 12.8 Å². The summed E-state index contributed by atoms with van der Waals surface area (Å²) >= 11 is 1.61. The maximum absolute atomic E-state index is 12.3. The molecule has 1 aliphatic heterocycles. The number of thiazole rings is 1. The van der Waals surface area contributed by atoms with Gasteiger partial charge in [-0.1, -0.05) is 0 Å². The number of carbonyl (C=O) groups excluding carboxylic acids is 1. The summed E-state index contributed by atoms with van der Waals surface area (Å²) in [6.07, 6.45) is 5.68. The first-order valence-electron chi connectivity index (χ1n) is 8.99. The number of carbonyl (C=O) groups is 1. The van der Waals surface area contributed by atoms with Crippen LogP contribution in [0.1, 0.15) is 38.5 Å². The van der Waals surface area contributed by atoms with Gasteiger partial charge in [0.1, 0.15) is 5.60 Å². The molecule has 1 atom stereocenters. The van der Waals surface area contributed by atoms with Gasteiger partial charge in [-0.3, -0.25) is 4.68 Å². The highest BCUT2D eigenvalue weighted by atomic mass is 32.1. The molecule has 0 saturated carbocycles. The van der Waals surface area contributed by atoms with Crippen LogP contribution in [-0.2, 0) is 11.3 Å². The number of hydrogen-bond acceptors (Lipinski definition) is 6. The highest BCUT2D eigenvalue weighted by Gasteiger charge is 2.27. The van der Waals surface area contributed by atoms with Gasteiger partial charge in [-0.25, -0.2) is 9.78 Å². The number of rotatable bonds is 4. The molecule has 0 aromatic carbocycles. The first-order chi connectivity index (χ1) is 12.3. The van der Waals surface area contributed by atoms with Gasteiger partial charge in [0.25, 0.3) is 0 Å². The molecule has 8 heteroatoms. The van der Waals surface area contributed by atoms with Gasteiger partial charge in [-0.15, -0.1) is 11.3 Å². The predicted octanol–water partition coefficient (Wildman–Crippen LogP) is 4.04. The first-order valence-corrected chi connectivity index (χ1v) is 9.81. The molecule has 1 amide bonds. The van der Waals surface area contributed by atoms with Crippen LogP contribution in [0.5, 0.6) is 0 Å². The minimum absolute atomic E-state index is 0.218. The number of piperidine rings is 1. The summed E-state index contributed by atoms with van der Waals surface area (Å²) in [4.78, 5) is 19.6. The lowest BCUT2D eigenvalue weighted by atomic mass is 9.98. The molecule has 0 aliphatic carbocycles. The lowest BCUT2D eigenvalue weighted by molar-refractivity contribution is 0.0155. The Labute approximate surface area is 158 Å². The van der Waals surface area contributed by atoms with E-state index in [0.717, 1.165) is 41.8 Å². The zero-order valence-electron chi connectivity index (χ0n) is 15.9. The molecule has 1 aliphatic rings. The number of aromatic nitrogens is 3. The number of ether oxygens (including phenoxy) is 1. The van der Waals surface area contributed by atoms with Crippen molar-refractivity contribution in [3.8, 4) is 0 Å². The molecule has 0 bridgehead atoms. The summed E-state index contributed by atoms with van der Waals surface area (Å²) in [5.41, 5.74) is -0.458. The maximum Gasteiger partial charge on any atom is 0.410 e. The molecule has 2 aromatic heterocycles. The topological polar surface area (TPSA) is 72.3 Å². The number of aryl methyl sites for hydroxylation is 1. The number of hydrogen-bond donors (Lipinski definition) is 1. The van der Waals surface area contributed by atoms with E-state index in [9.17, 15) is 4.79 Å². The second-order valence-corrected chi connectivity index (χ2v) is 8.99. The van der Waals surface area contributed by atoms with Crippen molar-refractivity contribution in [3.63, 3.8) is 0 Å². The number of likely N-dealkylation sites (tertiary alicyclic amines) is 1. The van der Waals surface area contributed by atoms with Crippen LogP contribution < -0.4 is 5.32 Å². The van der Waals surface area contributed by atoms with E-state index in [0.29, 0.717) is 12.5 Å². The molecule has 142 valence electrons. The molecule has 2 aromatic rings. The lowest BCUT2D eigenvalue weighted by Gasteiger charge is -2.34. The van der Waals surface area contributed by atoms with Crippen LogP contribution in [0.15, 0.2) is 18.5 Å². The van der Waals surface area contributed by atoms with Crippen LogP contribution in [-0.4, -0.2) is 44.4 Å². The Morgan fingerprint density at radius 2 is 2.27 bits per heavy atom. The number of nitrogens with zero attached hydrogens (tertiary/aromatic N) is 4. The fourth-order valence-electron chi connectivity index (χ4n) is 3.02. The summed E-state index contributed by atoms with van der Waals surface area (Å²) in [6.45, 7) is 9.99. The highest BCUT2D eigenvalue weighted by Crippen LogP contribution is 2.23. The molecule has 26 heavy (non-hydrogen) atoms. The molecule has 3 heterocycles. The largest absolute Gasteiger partial charge is 0.444 e. The highest BCUT2D eigenvalue weighted by molar-refractivity contribution is 7.15. The van der Waals surface area contributed by atoms with Gasteiger partial charge in [0, 0.05) is 43.0 Å². The first kappa shape index (κ1) is 18.7. The molecule has 0 spiro atoms. The van der Waals surface area contributed by atoms with Crippen molar-refractivity contribution in [1.29, 1.82) is 0 Å². The third kappa shape index (κ3) is 5.20. The van der Waals surface area contributed by atoms with Crippen molar-refractivity contribution in [2.45, 2.75) is 52.7 Å². The normalized spacial score (nSPS) is 18.0. The summed E-state index contributed by atoms with van der Waals surface area (Å²) in [5, 5.41) is 8.65. The van der Waals surface area contributed by atoms with Crippen LogP contribution >= 0.6 is 11.3 Å². The fourth-order valence-corrected chi connectivity index (χ4v) is 3.69. The Kier molecular flexibility index (Phi) is 5.50. The van der Waals surface area contributed by atoms with E-state index in [2.05, 4.69) is 15.4 Å². The van der Waals surface area contributed by atoms with Crippen LogP contribution in [0.4, 0.5) is 15.7 Å². The third-order valence-electron chi connectivity index (χ3n) is 4.11. The summed E-state index contributed by atoms with van der Waals surface area (Å²) in [5.74, 6) is 1.17. The van der Waals surface area contributed by atoms with Crippen LogP contribution in [0.2, 0.25) is 0 Å². The summed E-state index contributed by atoms with van der Waals surface area (Å²) in [6, 6.07) is 1.95. The second kappa shape index (κ2) is 7.65. The average molecular weight is 378 g/mol. The van der Waals surface area contributed by atoms with Crippen molar-refractivity contribution >= 4 is 28.4 Å². The van der Waals surface area contributed by atoms with Gasteiger partial charge >= 0.3 is 6.09 Å². The van der Waals surface area contributed by atoms with Crippen molar-refractivity contribution in [2.75, 3.05) is 18.4 Å². The Morgan fingerprint density at radius 1 is 1.46 bits per heavy atom. The molecule has 3 rings (SSSR count). The number of nitrogens with one attached hydrogen (secondary N) is 1. The number of amides is 1. The summed E-state index contributed by atoms with van der Waals surface area (Å²) < 4.78 is 7.43. The minimum atomic E-state index is -0.458. The third-order valence-corrected chi connectivity index (χ3v) is 4.94. The maximum atomic E-state index is 12.3. The molecule has 7 nitrogen and oxygen atoms in total. The van der Waals surface area contributed by atoms with E-state index in [4.69, 9.17) is 4.74 Å². The van der Waals surface area contributed by atoms with Gasteiger partial charge in [0.15, 0.2) is 10.9 Å². The van der Waals surface area contributed by atoms with Crippen molar-refractivity contribution in [2.24, 2.45) is 5.92 Å². The van der Waals surface area contributed by atoms with Gasteiger partial charge in [0.2, 0.25) is 0 Å². The van der Waals surface area contributed by atoms with E-state index in [1.165, 1.54) is 0 Å². The molecular weight excluding hydrogens is 350 g/mol. The minimum Gasteiger partial charge on any atom is -0.444 e. The Hall–Kier alpha value is -2.09. The van der Waals surface area contributed by atoms with E-state index in [1.54, 1.807) is 11.3 Å². The molecule has 1 saturated heterocycles. The van der Waals surface area contributed by atoms with Crippen molar-refractivity contribution in [1.82, 2.24) is 19.7 Å². The summed E-state index contributed by atoms with van der Waals surface area (Å²) in [7, 11) is 0. The van der Waals surface area contributed by atoms with E-state index < -0.39 is 5.60 Å². The fraction of sp³-hybridized carbons (Fsp3) is 0.611. The van der Waals surface area contributed by atoms with Gasteiger partial charge < -0.3 is 15.0 Å².